The Kier molecular flexibility index (Phi) is 3.21. The van der Waals surface area contributed by atoms with Crippen molar-refractivity contribution in [2.24, 2.45) is 0 Å². The summed E-state index contributed by atoms with van der Waals surface area (Å²) in [6.07, 6.45) is 3.64. The van der Waals surface area contributed by atoms with Crippen molar-refractivity contribution in [1.29, 1.82) is 0 Å². The summed E-state index contributed by atoms with van der Waals surface area (Å²) < 4.78 is 0.712. The van der Waals surface area contributed by atoms with Crippen molar-refractivity contribution in [1.82, 2.24) is 0 Å². The molecule has 0 spiro atoms. The normalized spacial score (nSPS) is 21.2. The van der Waals surface area contributed by atoms with Crippen molar-refractivity contribution in [3.63, 3.8) is 0 Å². The smallest absolute Gasteiger partial charge is 0.274 e. The van der Waals surface area contributed by atoms with Gasteiger partial charge in [0.2, 0.25) is 5.71 Å². The van der Waals surface area contributed by atoms with E-state index >= 15 is 0 Å². The third-order valence-corrected chi connectivity index (χ3v) is 3.98. The summed E-state index contributed by atoms with van der Waals surface area (Å²) in [5.74, 6) is 0. The molecule has 3 rings (SSSR count). The molecule has 1 unspecified atom stereocenters. The molecule has 20 heavy (non-hydrogen) atoms. The number of nitro benzene ring substituents is 1. The molecule has 0 fully saturated rings. The molecule has 1 aliphatic carbocycles. The van der Waals surface area contributed by atoms with Crippen LogP contribution in [0.1, 0.15) is 30.9 Å². The fourth-order valence-electron chi connectivity index (χ4n) is 2.59. The molecule has 7 heteroatoms. The standard InChI is InChI=1S/C13H11BrN2O4/c14-8-5-6-11(15(17)18)10(7-8)13-9-3-1-2-4-12(9)16(19)20-13/h3,5-7,13H,1-2,4H2. The van der Waals surface area contributed by atoms with Crippen molar-refractivity contribution < 1.29 is 14.7 Å². The number of hydrogen-bond acceptors (Lipinski definition) is 4. The summed E-state index contributed by atoms with van der Waals surface area (Å²) in [6.45, 7) is 0. The molecule has 0 amide bonds. The van der Waals surface area contributed by atoms with Gasteiger partial charge in [0.15, 0.2) is 0 Å². The van der Waals surface area contributed by atoms with Crippen LogP contribution in [0.2, 0.25) is 0 Å². The number of hydrogen-bond donors (Lipinski definition) is 0. The number of halogens is 1. The fourth-order valence-corrected chi connectivity index (χ4v) is 2.97. The maximum Gasteiger partial charge on any atom is 0.274 e. The summed E-state index contributed by atoms with van der Waals surface area (Å²) in [4.78, 5) is 16.5. The summed E-state index contributed by atoms with van der Waals surface area (Å²) in [5.41, 5.74) is 1.69. The van der Waals surface area contributed by atoms with Gasteiger partial charge in [-0.15, -0.1) is 0 Å². The molecule has 6 nitrogen and oxygen atoms in total. The monoisotopic (exact) mass is 338 g/mol. The Morgan fingerprint density at radius 3 is 3.00 bits per heavy atom. The van der Waals surface area contributed by atoms with Crippen LogP contribution >= 0.6 is 15.9 Å². The van der Waals surface area contributed by atoms with Crippen LogP contribution in [0.4, 0.5) is 5.69 Å². The molecule has 0 bridgehead atoms. The van der Waals surface area contributed by atoms with E-state index < -0.39 is 11.0 Å². The number of fused-ring (bicyclic) bond motifs is 1. The minimum Gasteiger partial charge on any atom is -0.390 e. The number of nitrogens with zero attached hydrogens (tertiary/aromatic N) is 2. The zero-order valence-corrected chi connectivity index (χ0v) is 12.0. The number of benzene rings is 1. The molecule has 1 atom stereocenters. The first-order valence-corrected chi connectivity index (χ1v) is 7.01. The third-order valence-electron chi connectivity index (χ3n) is 3.49. The van der Waals surface area contributed by atoms with Crippen LogP contribution in [-0.2, 0) is 4.84 Å². The van der Waals surface area contributed by atoms with Gasteiger partial charge >= 0.3 is 0 Å². The lowest BCUT2D eigenvalue weighted by molar-refractivity contribution is -0.743. The Bertz CT molecular complexity index is 654. The van der Waals surface area contributed by atoms with Crippen LogP contribution in [0.15, 0.2) is 34.3 Å². The maximum absolute atomic E-state index is 11.8. The molecule has 1 aromatic carbocycles. The highest BCUT2D eigenvalue weighted by Crippen LogP contribution is 2.40. The highest BCUT2D eigenvalue weighted by molar-refractivity contribution is 9.10. The first kappa shape index (κ1) is 13.1. The van der Waals surface area contributed by atoms with Crippen LogP contribution in [0.25, 0.3) is 0 Å². The lowest BCUT2D eigenvalue weighted by atomic mass is 9.90. The first-order valence-electron chi connectivity index (χ1n) is 6.22. The topological polar surface area (TPSA) is 78.4 Å². The predicted molar refractivity (Wildman–Crippen MR) is 75.2 cm³/mol. The highest BCUT2D eigenvalue weighted by Gasteiger charge is 2.38. The molecule has 0 saturated heterocycles. The minimum absolute atomic E-state index is 0.0423. The fraction of sp³-hybridized carbons (Fsp3) is 0.308. The first-order chi connectivity index (χ1) is 9.58. The van der Waals surface area contributed by atoms with E-state index in [2.05, 4.69) is 15.9 Å². The molecule has 104 valence electrons. The van der Waals surface area contributed by atoms with Crippen LogP contribution in [0.3, 0.4) is 0 Å². The highest BCUT2D eigenvalue weighted by atomic mass is 79.9. The van der Waals surface area contributed by atoms with E-state index in [1.54, 1.807) is 12.1 Å². The lowest BCUT2D eigenvalue weighted by Crippen LogP contribution is -2.11. The molecular formula is C13H11BrN2O4. The molecule has 0 aromatic heterocycles. The number of nitro groups is 1. The van der Waals surface area contributed by atoms with Crippen molar-refractivity contribution >= 4 is 27.3 Å². The second-order valence-electron chi connectivity index (χ2n) is 4.70. The molecule has 0 radical (unpaired) electrons. The van der Waals surface area contributed by atoms with E-state index in [0.29, 0.717) is 27.1 Å². The SMILES string of the molecule is O=[N+]([O-])c1ccc(Br)cc1C1O[N+]([O-])=C2CCCC=C21. The average Bonchev–Trinajstić information content (AvgIpc) is 2.76. The van der Waals surface area contributed by atoms with Crippen LogP contribution in [0, 0.1) is 15.3 Å². The van der Waals surface area contributed by atoms with Crippen LogP contribution < -0.4 is 0 Å². The van der Waals surface area contributed by atoms with E-state index in [1.807, 2.05) is 6.08 Å². The van der Waals surface area contributed by atoms with Gasteiger partial charge in [-0.3, -0.25) is 15.3 Å². The maximum atomic E-state index is 11.8. The second-order valence-corrected chi connectivity index (χ2v) is 5.62. The van der Waals surface area contributed by atoms with Crippen LogP contribution in [0.5, 0.6) is 0 Å². The van der Waals surface area contributed by atoms with E-state index in [-0.39, 0.29) is 5.69 Å². The molecule has 1 aromatic rings. The lowest BCUT2D eigenvalue weighted by Gasteiger charge is -2.15. The molecular weight excluding hydrogens is 328 g/mol. The van der Waals surface area contributed by atoms with Gasteiger partial charge in [0.1, 0.15) is 6.10 Å². The van der Waals surface area contributed by atoms with Gasteiger partial charge < -0.3 is 4.84 Å². The Hall–Kier alpha value is -1.89. The number of rotatable bonds is 2. The molecule has 1 aliphatic heterocycles. The average molecular weight is 339 g/mol. The summed E-state index contributed by atoms with van der Waals surface area (Å²) in [7, 11) is 0. The zero-order chi connectivity index (χ0) is 14.3. The third kappa shape index (κ3) is 2.07. The Morgan fingerprint density at radius 2 is 2.25 bits per heavy atom. The molecule has 2 aliphatic rings. The van der Waals surface area contributed by atoms with Gasteiger partial charge in [0.25, 0.3) is 5.69 Å². The summed E-state index contributed by atoms with van der Waals surface area (Å²) >= 11 is 3.30. The number of allylic oxidation sites excluding steroid dienone is 1. The predicted octanol–water partition coefficient (Wildman–Crippen LogP) is 3.41. The van der Waals surface area contributed by atoms with Gasteiger partial charge in [0.05, 0.1) is 10.5 Å². The van der Waals surface area contributed by atoms with E-state index in [0.717, 1.165) is 18.4 Å². The van der Waals surface area contributed by atoms with Gasteiger partial charge in [-0.2, -0.15) is 0 Å². The van der Waals surface area contributed by atoms with Crippen molar-refractivity contribution in [3.8, 4) is 0 Å². The largest absolute Gasteiger partial charge is 0.390 e. The molecule has 0 saturated carbocycles. The van der Waals surface area contributed by atoms with Gasteiger partial charge in [-0.25, -0.2) is 0 Å². The van der Waals surface area contributed by atoms with Gasteiger partial charge in [-0.1, -0.05) is 22.0 Å². The van der Waals surface area contributed by atoms with Crippen molar-refractivity contribution in [2.75, 3.05) is 0 Å². The summed E-state index contributed by atoms with van der Waals surface area (Å²) in [5, 5.41) is 22.9. The van der Waals surface area contributed by atoms with E-state index in [1.165, 1.54) is 6.07 Å². The second kappa shape index (κ2) is 4.90. The Balaban J connectivity index is 2.09. The van der Waals surface area contributed by atoms with Crippen molar-refractivity contribution in [2.45, 2.75) is 25.4 Å². The van der Waals surface area contributed by atoms with E-state index in [9.17, 15) is 15.3 Å². The Labute approximate surface area is 123 Å². The quantitative estimate of drug-likeness (QED) is 0.470. The van der Waals surface area contributed by atoms with Gasteiger partial charge in [0, 0.05) is 27.4 Å². The zero-order valence-electron chi connectivity index (χ0n) is 10.4. The van der Waals surface area contributed by atoms with E-state index in [4.69, 9.17) is 4.84 Å². The Morgan fingerprint density at radius 1 is 1.45 bits per heavy atom. The molecule has 1 heterocycles. The van der Waals surface area contributed by atoms with Crippen LogP contribution in [-0.4, -0.2) is 15.5 Å². The summed E-state index contributed by atoms with van der Waals surface area (Å²) in [6, 6.07) is 4.65. The molecule has 0 N–H and O–H groups in total. The van der Waals surface area contributed by atoms with Crippen molar-refractivity contribution in [3.05, 3.63) is 55.2 Å². The minimum atomic E-state index is -0.694. The van der Waals surface area contributed by atoms with Gasteiger partial charge in [-0.05, 0) is 25.0 Å².